The average molecular weight is 341 g/mol. The summed E-state index contributed by atoms with van der Waals surface area (Å²) in [7, 11) is -3.80. The number of carboxylic acids is 1. The van der Waals surface area contributed by atoms with Crippen molar-refractivity contribution >= 4 is 38.8 Å². The molecule has 0 aliphatic carbocycles. The Labute approximate surface area is 132 Å². The Morgan fingerprint density at radius 3 is 2.86 bits per heavy atom. The second-order valence-electron chi connectivity index (χ2n) is 5.42. The van der Waals surface area contributed by atoms with E-state index in [4.69, 9.17) is 0 Å². The highest BCUT2D eigenvalue weighted by Crippen LogP contribution is 2.31. The van der Waals surface area contributed by atoms with Gasteiger partial charge in [0.05, 0.1) is 17.6 Å². The number of carboxylic acid groups (broad SMARTS) is 1. The smallest absolute Gasteiger partial charge is 0.307 e. The molecule has 1 fully saturated rings. The molecular formula is C13H15N3O4S2. The van der Waals surface area contributed by atoms with Crippen LogP contribution in [0.15, 0.2) is 23.1 Å². The summed E-state index contributed by atoms with van der Waals surface area (Å²) in [5.41, 5.74) is 0.877. The minimum Gasteiger partial charge on any atom is -0.481 e. The van der Waals surface area contributed by atoms with Gasteiger partial charge in [-0.2, -0.15) is 13.1 Å². The fourth-order valence-electron chi connectivity index (χ4n) is 2.73. The van der Waals surface area contributed by atoms with Gasteiger partial charge in [0.2, 0.25) is 10.0 Å². The van der Waals surface area contributed by atoms with Crippen LogP contribution in [0.5, 0.6) is 0 Å². The molecular weight excluding hydrogens is 326 g/mol. The second kappa shape index (κ2) is 5.56. The van der Waals surface area contributed by atoms with Crippen LogP contribution in [0.3, 0.4) is 0 Å². The molecule has 1 aliphatic rings. The summed E-state index contributed by atoms with van der Waals surface area (Å²) < 4.78 is 35.3. The molecule has 9 heteroatoms. The lowest BCUT2D eigenvalue weighted by atomic mass is 9.96. The van der Waals surface area contributed by atoms with Crippen LogP contribution in [0.25, 0.3) is 11.0 Å². The Hall–Kier alpha value is -1.58. The van der Waals surface area contributed by atoms with Crippen LogP contribution >= 0.6 is 11.7 Å². The zero-order valence-electron chi connectivity index (χ0n) is 11.8. The van der Waals surface area contributed by atoms with Crippen molar-refractivity contribution in [3.63, 3.8) is 0 Å². The second-order valence-corrected chi connectivity index (χ2v) is 7.81. The average Bonchev–Trinajstić information content (AvgIpc) is 2.95. The molecule has 3 rings (SSSR count). The van der Waals surface area contributed by atoms with Gasteiger partial charge in [0, 0.05) is 12.6 Å². The van der Waals surface area contributed by atoms with E-state index in [1.807, 2.05) is 0 Å². The Kier molecular flexibility index (Phi) is 3.87. The zero-order valence-corrected chi connectivity index (χ0v) is 13.5. The van der Waals surface area contributed by atoms with Crippen molar-refractivity contribution in [1.29, 1.82) is 0 Å². The molecule has 1 saturated heterocycles. The molecule has 118 valence electrons. The van der Waals surface area contributed by atoms with E-state index >= 15 is 0 Å². The molecule has 0 amide bonds. The van der Waals surface area contributed by atoms with Gasteiger partial charge in [0.25, 0.3) is 0 Å². The van der Waals surface area contributed by atoms with Crippen LogP contribution in [0.4, 0.5) is 0 Å². The summed E-state index contributed by atoms with van der Waals surface area (Å²) in [5.74, 6) is -1.63. The van der Waals surface area contributed by atoms with Gasteiger partial charge in [-0.3, -0.25) is 4.79 Å². The molecule has 1 aromatic heterocycles. The summed E-state index contributed by atoms with van der Waals surface area (Å²) >= 11 is 0.959. The van der Waals surface area contributed by atoms with Crippen molar-refractivity contribution in [2.45, 2.75) is 30.7 Å². The lowest BCUT2D eigenvalue weighted by Crippen LogP contribution is -2.47. The van der Waals surface area contributed by atoms with E-state index < -0.39 is 21.9 Å². The minimum absolute atomic E-state index is 0.00716. The maximum absolute atomic E-state index is 12.9. The predicted molar refractivity (Wildman–Crippen MR) is 81.1 cm³/mol. The molecule has 0 saturated carbocycles. The summed E-state index contributed by atoms with van der Waals surface area (Å²) in [6.07, 6.45) is 1.02. The number of hydrogen-bond acceptors (Lipinski definition) is 6. The van der Waals surface area contributed by atoms with Crippen molar-refractivity contribution in [3.05, 3.63) is 18.2 Å². The molecule has 2 heterocycles. The van der Waals surface area contributed by atoms with Crippen LogP contribution in [-0.4, -0.2) is 45.1 Å². The van der Waals surface area contributed by atoms with Crippen molar-refractivity contribution in [2.24, 2.45) is 5.92 Å². The number of carbonyl (C=O) groups is 1. The molecule has 1 aliphatic heterocycles. The van der Waals surface area contributed by atoms with E-state index in [1.54, 1.807) is 19.1 Å². The Bertz CT molecular complexity index is 818. The highest BCUT2D eigenvalue weighted by atomic mass is 32.2. The number of sulfonamides is 1. The highest BCUT2D eigenvalue weighted by Gasteiger charge is 2.38. The first-order valence-corrected chi connectivity index (χ1v) is 9.04. The third-order valence-electron chi connectivity index (χ3n) is 4.01. The van der Waals surface area contributed by atoms with E-state index in [-0.39, 0.29) is 17.5 Å². The highest BCUT2D eigenvalue weighted by molar-refractivity contribution is 7.89. The topological polar surface area (TPSA) is 100 Å². The van der Waals surface area contributed by atoms with Crippen molar-refractivity contribution in [2.75, 3.05) is 6.54 Å². The monoisotopic (exact) mass is 341 g/mol. The number of hydrogen-bond donors (Lipinski definition) is 1. The molecule has 22 heavy (non-hydrogen) atoms. The maximum atomic E-state index is 12.9. The number of fused-ring (bicyclic) bond motifs is 1. The molecule has 0 bridgehead atoms. The largest absolute Gasteiger partial charge is 0.481 e. The van der Waals surface area contributed by atoms with Gasteiger partial charge in [-0.25, -0.2) is 8.42 Å². The summed E-state index contributed by atoms with van der Waals surface area (Å²) in [4.78, 5) is 11.3. The first kappa shape index (κ1) is 15.3. The molecule has 0 spiro atoms. The third kappa shape index (κ3) is 2.49. The zero-order chi connectivity index (χ0) is 15.9. The Morgan fingerprint density at radius 1 is 1.36 bits per heavy atom. The number of rotatable bonds is 3. The van der Waals surface area contributed by atoms with Crippen molar-refractivity contribution < 1.29 is 18.3 Å². The fraction of sp³-hybridized carbons (Fsp3) is 0.462. The molecule has 2 aromatic rings. The first-order valence-electron chi connectivity index (χ1n) is 6.87. The van der Waals surface area contributed by atoms with Gasteiger partial charge >= 0.3 is 5.97 Å². The Balaban J connectivity index is 2.05. The van der Waals surface area contributed by atoms with Crippen LogP contribution in [0, 0.1) is 5.92 Å². The van der Waals surface area contributed by atoms with Gasteiger partial charge in [0.1, 0.15) is 15.9 Å². The summed E-state index contributed by atoms with van der Waals surface area (Å²) in [5, 5.41) is 9.18. The molecule has 7 nitrogen and oxygen atoms in total. The van der Waals surface area contributed by atoms with Crippen LogP contribution in [0.2, 0.25) is 0 Å². The van der Waals surface area contributed by atoms with Crippen LogP contribution in [-0.2, 0) is 14.8 Å². The van der Waals surface area contributed by atoms with Gasteiger partial charge < -0.3 is 5.11 Å². The normalized spacial score (nSPS) is 23.7. The maximum Gasteiger partial charge on any atom is 0.307 e. The van der Waals surface area contributed by atoms with Gasteiger partial charge in [-0.1, -0.05) is 6.07 Å². The Morgan fingerprint density at radius 2 is 2.14 bits per heavy atom. The number of benzene rings is 1. The van der Waals surface area contributed by atoms with Crippen molar-refractivity contribution in [3.8, 4) is 0 Å². The standard InChI is InChI=1S/C13H15N3O4S2/c1-8-5-6-9(13(17)18)7-16(8)22(19,20)11-4-2-3-10-12(11)15-21-14-10/h2-4,8-9H,5-7H2,1H3,(H,17,18). The molecule has 1 aromatic carbocycles. The summed E-state index contributed by atoms with van der Waals surface area (Å²) in [6.45, 7) is 1.79. The van der Waals surface area contributed by atoms with Crippen molar-refractivity contribution in [1.82, 2.24) is 13.1 Å². The number of nitrogens with zero attached hydrogens (tertiary/aromatic N) is 3. The molecule has 2 unspecified atom stereocenters. The number of aliphatic carboxylic acids is 1. The lowest BCUT2D eigenvalue weighted by Gasteiger charge is -2.35. The minimum atomic E-state index is -3.80. The number of aromatic nitrogens is 2. The third-order valence-corrected chi connectivity index (χ3v) is 6.56. The molecule has 1 N–H and O–H groups in total. The molecule has 0 radical (unpaired) electrons. The van der Waals surface area contributed by atoms with E-state index in [9.17, 15) is 18.3 Å². The van der Waals surface area contributed by atoms with Gasteiger partial charge in [0.15, 0.2) is 0 Å². The van der Waals surface area contributed by atoms with Gasteiger partial charge in [-0.15, -0.1) is 0 Å². The lowest BCUT2D eigenvalue weighted by molar-refractivity contribution is -0.143. The van der Waals surface area contributed by atoms with Gasteiger partial charge in [-0.05, 0) is 31.9 Å². The van der Waals surface area contributed by atoms with E-state index in [0.717, 1.165) is 11.7 Å². The van der Waals surface area contributed by atoms with E-state index in [2.05, 4.69) is 8.75 Å². The number of piperidine rings is 1. The van der Waals surface area contributed by atoms with E-state index in [0.29, 0.717) is 23.9 Å². The summed E-state index contributed by atoms with van der Waals surface area (Å²) in [6, 6.07) is 4.59. The predicted octanol–water partition coefficient (Wildman–Crippen LogP) is 1.57. The van der Waals surface area contributed by atoms with Crippen LogP contribution in [0.1, 0.15) is 19.8 Å². The first-order chi connectivity index (χ1) is 10.4. The SMILES string of the molecule is CC1CCC(C(=O)O)CN1S(=O)(=O)c1cccc2nsnc12. The molecule has 2 atom stereocenters. The quantitative estimate of drug-likeness (QED) is 0.909. The van der Waals surface area contributed by atoms with E-state index in [1.165, 1.54) is 10.4 Å². The fourth-order valence-corrected chi connectivity index (χ4v) is 5.19. The van der Waals surface area contributed by atoms with Crippen LogP contribution < -0.4 is 0 Å².